The number of nitrogens with one attached hydrogen (secondary N) is 1. The molecule has 0 fully saturated rings. The molecule has 18 heavy (non-hydrogen) atoms. The number of aryl methyl sites for hydroxylation is 1. The Morgan fingerprint density at radius 1 is 1.56 bits per heavy atom. The summed E-state index contributed by atoms with van der Waals surface area (Å²) in [4.78, 5) is 17.9. The molecule has 2 rings (SSSR count). The van der Waals surface area contributed by atoms with Crippen molar-refractivity contribution in [3.8, 4) is 0 Å². The fourth-order valence-electron chi connectivity index (χ4n) is 1.35. The first-order valence-electron chi connectivity index (χ1n) is 5.05. The van der Waals surface area contributed by atoms with Crippen molar-refractivity contribution in [2.75, 3.05) is 11.1 Å². The van der Waals surface area contributed by atoms with Crippen molar-refractivity contribution >= 4 is 17.3 Å². The largest absolute Gasteiger partial charge is 0.378 e. The second kappa shape index (κ2) is 4.65. The predicted octanol–water partition coefficient (Wildman–Crippen LogP) is 0.313. The van der Waals surface area contributed by atoms with Crippen molar-refractivity contribution in [2.45, 2.75) is 6.54 Å². The summed E-state index contributed by atoms with van der Waals surface area (Å²) in [6.45, 7) is 0.366. The Hall–Kier alpha value is -2.71. The van der Waals surface area contributed by atoms with Gasteiger partial charge in [0.2, 0.25) is 5.82 Å². The zero-order chi connectivity index (χ0) is 13.1. The van der Waals surface area contributed by atoms with E-state index in [-0.39, 0.29) is 11.5 Å². The highest BCUT2D eigenvalue weighted by atomic mass is 16.6. The molecule has 3 N–H and O–H groups in total. The van der Waals surface area contributed by atoms with Crippen molar-refractivity contribution in [1.29, 1.82) is 0 Å². The molecule has 9 heteroatoms. The van der Waals surface area contributed by atoms with Crippen molar-refractivity contribution in [2.24, 2.45) is 7.05 Å². The number of pyridine rings is 1. The number of nitro groups is 1. The van der Waals surface area contributed by atoms with Crippen LogP contribution in [-0.2, 0) is 13.6 Å². The molecular formula is C9H11N7O2. The van der Waals surface area contributed by atoms with Crippen LogP contribution in [0.4, 0.5) is 17.3 Å². The molecule has 0 saturated heterocycles. The van der Waals surface area contributed by atoms with E-state index in [1.165, 1.54) is 12.1 Å². The van der Waals surface area contributed by atoms with Crippen LogP contribution in [0.1, 0.15) is 5.82 Å². The first kappa shape index (κ1) is 11.8. The van der Waals surface area contributed by atoms with Crippen LogP contribution in [0.5, 0.6) is 0 Å². The first-order chi connectivity index (χ1) is 8.56. The lowest BCUT2D eigenvalue weighted by Crippen LogP contribution is -2.06. The van der Waals surface area contributed by atoms with Crippen molar-refractivity contribution < 1.29 is 4.92 Å². The standard InChI is InChI=1S/C9H11N7O2/c1-15-5-12-8(14-15)4-11-7-3-2-6(16(17)18)9(10)13-7/h2-3,5H,4H2,1H3,(H3,10,11,13). The van der Waals surface area contributed by atoms with E-state index < -0.39 is 4.92 Å². The Morgan fingerprint density at radius 2 is 2.33 bits per heavy atom. The molecule has 0 aliphatic heterocycles. The molecule has 0 radical (unpaired) electrons. The van der Waals surface area contributed by atoms with Gasteiger partial charge in [-0.05, 0) is 6.07 Å². The number of rotatable bonds is 4. The van der Waals surface area contributed by atoms with Gasteiger partial charge < -0.3 is 11.1 Å². The Balaban J connectivity index is 2.06. The molecule has 94 valence electrons. The van der Waals surface area contributed by atoms with Crippen LogP contribution < -0.4 is 11.1 Å². The highest BCUT2D eigenvalue weighted by molar-refractivity contribution is 5.57. The molecule has 2 aromatic rings. The Morgan fingerprint density at radius 3 is 2.89 bits per heavy atom. The molecule has 2 aromatic heterocycles. The number of nitrogens with two attached hydrogens (primary N) is 1. The molecule has 0 bridgehead atoms. The minimum absolute atomic E-state index is 0.126. The number of nitrogen functional groups attached to an aromatic ring is 1. The minimum Gasteiger partial charge on any atom is -0.378 e. The fraction of sp³-hybridized carbons (Fsp3) is 0.222. The predicted molar refractivity (Wildman–Crippen MR) is 63.6 cm³/mol. The van der Waals surface area contributed by atoms with Gasteiger partial charge >= 0.3 is 5.69 Å². The maximum Gasteiger partial charge on any atom is 0.311 e. The molecule has 0 saturated carbocycles. The number of aromatic nitrogens is 4. The maximum atomic E-state index is 10.6. The quantitative estimate of drug-likeness (QED) is 0.590. The van der Waals surface area contributed by atoms with E-state index in [4.69, 9.17) is 5.73 Å². The third kappa shape index (κ3) is 2.51. The van der Waals surface area contributed by atoms with E-state index in [0.717, 1.165) is 0 Å². The SMILES string of the molecule is Cn1cnc(CNc2ccc([N+](=O)[O-])c(N)n2)n1. The van der Waals surface area contributed by atoms with Gasteiger partial charge in [0.05, 0.1) is 11.5 Å². The molecule has 2 heterocycles. The zero-order valence-electron chi connectivity index (χ0n) is 9.57. The van der Waals surface area contributed by atoms with Gasteiger partial charge in [0.25, 0.3) is 0 Å². The van der Waals surface area contributed by atoms with Gasteiger partial charge in [0.15, 0.2) is 5.82 Å². The summed E-state index contributed by atoms with van der Waals surface area (Å²) < 4.78 is 1.58. The second-order valence-electron chi connectivity index (χ2n) is 3.55. The van der Waals surface area contributed by atoms with Crippen LogP contribution in [0.15, 0.2) is 18.5 Å². The number of anilines is 2. The second-order valence-corrected chi connectivity index (χ2v) is 3.55. The summed E-state index contributed by atoms with van der Waals surface area (Å²) in [5.41, 5.74) is 5.26. The summed E-state index contributed by atoms with van der Waals surface area (Å²) in [6.07, 6.45) is 1.58. The Bertz CT molecular complexity index is 580. The van der Waals surface area contributed by atoms with Gasteiger partial charge in [-0.25, -0.2) is 9.97 Å². The van der Waals surface area contributed by atoms with Crippen LogP contribution in [-0.4, -0.2) is 24.7 Å². The third-order valence-electron chi connectivity index (χ3n) is 2.17. The molecule has 0 aliphatic carbocycles. The Kier molecular flexibility index (Phi) is 3.04. The van der Waals surface area contributed by atoms with Gasteiger partial charge in [-0.3, -0.25) is 14.8 Å². The van der Waals surface area contributed by atoms with Gasteiger partial charge in [0.1, 0.15) is 12.1 Å². The maximum absolute atomic E-state index is 10.6. The zero-order valence-corrected chi connectivity index (χ0v) is 9.57. The normalized spacial score (nSPS) is 10.3. The van der Waals surface area contributed by atoms with E-state index in [2.05, 4.69) is 20.4 Å². The van der Waals surface area contributed by atoms with E-state index in [9.17, 15) is 10.1 Å². The fourth-order valence-corrected chi connectivity index (χ4v) is 1.35. The number of hydrogen-bond acceptors (Lipinski definition) is 7. The molecule has 0 spiro atoms. The van der Waals surface area contributed by atoms with Gasteiger partial charge in [-0.15, -0.1) is 0 Å². The van der Waals surface area contributed by atoms with Crippen LogP contribution in [0.2, 0.25) is 0 Å². The summed E-state index contributed by atoms with van der Waals surface area (Å²) in [5, 5.41) is 17.6. The van der Waals surface area contributed by atoms with Crippen molar-refractivity contribution in [3.05, 3.63) is 34.4 Å². The smallest absolute Gasteiger partial charge is 0.311 e. The highest BCUT2D eigenvalue weighted by Gasteiger charge is 2.12. The van der Waals surface area contributed by atoms with Crippen LogP contribution in [0, 0.1) is 10.1 Å². The molecule has 0 aliphatic rings. The Labute approximate surface area is 102 Å². The lowest BCUT2D eigenvalue weighted by molar-refractivity contribution is -0.384. The topological polar surface area (TPSA) is 125 Å². The lowest BCUT2D eigenvalue weighted by Gasteiger charge is -2.03. The monoisotopic (exact) mass is 249 g/mol. The average molecular weight is 249 g/mol. The van der Waals surface area contributed by atoms with Crippen LogP contribution >= 0.6 is 0 Å². The average Bonchev–Trinajstić information content (AvgIpc) is 2.72. The lowest BCUT2D eigenvalue weighted by atomic mass is 10.4. The van der Waals surface area contributed by atoms with Crippen molar-refractivity contribution in [3.63, 3.8) is 0 Å². The molecule has 0 atom stereocenters. The van der Waals surface area contributed by atoms with Crippen molar-refractivity contribution in [1.82, 2.24) is 19.7 Å². The molecule has 0 amide bonds. The van der Waals surface area contributed by atoms with Gasteiger partial charge in [-0.2, -0.15) is 5.10 Å². The molecular weight excluding hydrogens is 238 g/mol. The first-order valence-corrected chi connectivity index (χ1v) is 5.05. The van der Waals surface area contributed by atoms with E-state index in [0.29, 0.717) is 18.2 Å². The number of hydrogen-bond donors (Lipinski definition) is 2. The van der Waals surface area contributed by atoms with Gasteiger partial charge in [-0.1, -0.05) is 0 Å². The van der Waals surface area contributed by atoms with Crippen LogP contribution in [0.3, 0.4) is 0 Å². The van der Waals surface area contributed by atoms with Gasteiger partial charge in [0, 0.05) is 13.1 Å². The third-order valence-corrected chi connectivity index (χ3v) is 2.17. The van der Waals surface area contributed by atoms with Crippen LogP contribution in [0.25, 0.3) is 0 Å². The van der Waals surface area contributed by atoms with E-state index >= 15 is 0 Å². The minimum atomic E-state index is -0.577. The van der Waals surface area contributed by atoms with E-state index in [1.807, 2.05) is 0 Å². The molecule has 0 aromatic carbocycles. The molecule has 0 unspecified atom stereocenters. The summed E-state index contributed by atoms with van der Waals surface area (Å²) in [5.74, 6) is 0.903. The highest BCUT2D eigenvalue weighted by Crippen LogP contribution is 2.20. The summed E-state index contributed by atoms with van der Waals surface area (Å²) in [7, 11) is 1.76. The number of nitrogens with zero attached hydrogens (tertiary/aromatic N) is 5. The summed E-state index contributed by atoms with van der Waals surface area (Å²) in [6, 6.07) is 2.79. The molecule has 9 nitrogen and oxygen atoms in total. The van der Waals surface area contributed by atoms with E-state index in [1.54, 1.807) is 18.1 Å². The summed E-state index contributed by atoms with van der Waals surface area (Å²) >= 11 is 0.